The number of aryl methyl sites for hydroxylation is 1. The second kappa shape index (κ2) is 8.69. The highest BCUT2D eigenvalue weighted by Gasteiger charge is 2.18. The van der Waals surface area contributed by atoms with E-state index < -0.39 is 0 Å². The topological polar surface area (TPSA) is 71.3 Å². The van der Waals surface area contributed by atoms with Gasteiger partial charge >= 0.3 is 0 Å². The van der Waals surface area contributed by atoms with E-state index in [2.05, 4.69) is 65.4 Å². The molecule has 0 radical (unpaired) electrons. The molecule has 0 bridgehead atoms. The van der Waals surface area contributed by atoms with Gasteiger partial charge in [-0.2, -0.15) is 4.98 Å². The maximum atomic E-state index is 12.4. The Morgan fingerprint density at radius 1 is 1.20 bits per heavy atom. The van der Waals surface area contributed by atoms with Crippen molar-refractivity contribution >= 4 is 17.3 Å². The standard InChI is InChI=1S/C24H28N4O2/c1-4-28-14-13-18-9-10-20(15-21(18)28)25-22(29)11-12-23-26-24(27-30-23)19-7-5-17(6-8-19)16(2)3/h5-10,15-16H,4,11-14H2,1-3H3,(H,25,29). The lowest BCUT2D eigenvalue weighted by atomic mass is 10.0. The molecular weight excluding hydrogens is 376 g/mol. The average molecular weight is 405 g/mol. The van der Waals surface area contributed by atoms with E-state index in [9.17, 15) is 4.79 Å². The fraction of sp³-hybridized carbons (Fsp3) is 0.375. The van der Waals surface area contributed by atoms with Crippen LogP contribution in [-0.2, 0) is 17.6 Å². The lowest BCUT2D eigenvalue weighted by molar-refractivity contribution is -0.116. The van der Waals surface area contributed by atoms with Crippen LogP contribution in [0.5, 0.6) is 0 Å². The van der Waals surface area contributed by atoms with Crippen molar-refractivity contribution in [3.8, 4) is 11.4 Å². The van der Waals surface area contributed by atoms with Gasteiger partial charge in [0.15, 0.2) is 0 Å². The van der Waals surface area contributed by atoms with Crippen LogP contribution in [0.1, 0.15) is 50.1 Å². The Balaban J connectivity index is 1.34. The number of fused-ring (bicyclic) bond motifs is 1. The molecular formula is C24H28N4O2. The normalized spacial score (nSPS) is 13.0. The molecule has 0 saturated heterocycles. The molecule has 0 saturated carbocycles. The largest absolute Gasteiger partial charge is 0.371 e. The summed E-state index contributed by atoms with van der Waals surface area (Å²) in [5, 5.41) is 7.04. The van der Waals surface area contributed by atoms with Crippen molar-refractivity contribution in [3.05, 3.63) is 59.5 Å². The summed E-state index contributed by atoms with van der Waals surface area (Å²) in [7, 11) is 0. The van der Waals surface area contributed by atoms with Crippen LogP contribution in [0.2, 0.25) is 0 Å². The van der Waals surface area contributed by atoms with Gasteiger partial charge < -0.3 is 14.7 Å². The van der Waals surface area contributed by atoms with Crippen molar-refractivity contribution in [2.75, 3.05) is 23.3 Å². The molecule has 2 aromatic carbocycles. The molecule has 3 aromatic rings. The van der Waals surface area contributed by atoms with Gasteiger partial charge in [0.05, 0.1) is 0 Å². The number of aromatic nitrogens is 2. The van der Waals surface area contributed by atoms with E-state index in [1.54, 1.807) is 0 Å². The van der Waals surface area contributed by atoms with Crippen LogP contribution in [0.3, 0.4) is 0 Å². The molecule has 1 aliphatic rings. The Morgan fingerprint density at radius 3 is 2.73 bits per heavy atom. The average Bonchev–Trinajstić information content (AvgIpc) is 3.39. The van der Waals surface area contributed by atoms with E-state index in [0.717, 1.165) is 30.8 Å². The number of carbonyl (C=O) groups is 1. The zero-order valence-electron chi connectivity index (χ0n) is 17.8. The zero-order chi connectivity index (χ0) is 21.1. The number of amides is 1. The van der Waals surface area contributed by atoms with Crippen molar-refractivity contribution in [3.63, 3.8) is 0 Å². The van der Waals surface area contributed by atoms with E-state index >= 15 is 0 Å². The summed E-state index contributed by atoms with van der Waals surface area (Å²) in [6.07, 6.45) is 1.77. The third kappa shape index (κ3) is 4.37. The van der Waals surface area contributed by atoms with Crippen LogP contribution in [0.25, 0.3) is 11.4 Å². The fourth-order valence-electron chi connectivity index (χ4n) is 3.79. The molecule has 30 heavy (non-hydrogen) atoms. The summed E-state index contributed by atoms with van der Waals surface area (Å²) in [4.78, 5) is 19.2. The number of anilines is 2. The number of rotatable bonds is 7. The van der Waals surface area contributed by atoms with Crippen LogP contribution in [0.15, 0.2) is 47.0 Å². The van der Waals surface area contributed by atoms with Crippen molar-refractivity contribution in [1.82, 2.24) is 10.1 Å². The van der Waals surface area contributed by atoms with E-state index in [4.69, 9.17) is 4.52 Å². The van der Waals surface area contributed by atoms with Gasteiger partial charge in [-0.1, -0.05) is 49.3 Å². The lowest BCUT2D eigenvalue weighted by Crippen LogP contribution is -2.19. The van der Waals surface area contributed by atoms with Gasteiger partial charge in [-0.15, -0.1) is 0 Å². The Labute approximate surface area is 177 Å². The van der Waals surface area contributed by atoms with Gasteiger partial charge in [0.1, 0.15) is 0 Å². The van der Waals surface area contributed by atoms with Gasteiger partial charge in [0, 0.05) is 42.9 Å². The smallest absolute Gasteiger partial charge is 0.227 e. The number of nitrogens with one attached hydrogen (secondary N) is 1. The first-order valence-corrected chi connectivity index (χ1v) is 10.6. The van der Waals surface area contributed by atoms with E-state index in [1.165, 1.54) is 16.8 Å². The monoisotopic (exact) mass is 404 g/mol. The first-order valence-electron chi connectivity index (χ1n) is 10.6. The highest BCUT2D eigenvalue weighted by Crippen LogP contribution is 2.30. The fourth-order valence-corrected chi connectivity index (χ4v) is 3.79. The second-order valence-electron chi connectivity index (χ2n) is 8.01. The van der Waals surface area contributed by atoms with Gasteiger partial charge in [0.2, 0.25) is 17.6 Å². The molecule has 0 aliphatic carbocycles. The summed E-state index contributed by atoms with van der Waals surface area (Å²) in [5.74, 6) is 1.45. The van der Waals surface area contributed by atoms with Crippen molar-refractivity contribution < 1.29 is 9.32 Å². The van der Waals surface area contributed by atoms with Crippen LogP contribution in [-0.4, -0.2) is 29.1 Å². The minimum atomic E-state index is -0.0583. The molecule has 0 atom stereocenters. The summed E-state index contributed by atoms with van der Waals surface area (Å²) >= 11 is 0. The first-order chi connectivity index (χ1) is 14.5. The molecule has 2 heterocycles. The number of carbonyl (C=O) groups excluding carboxylic acids is 1. The predicted molar refractivity (Wildman–Crippen MR) is 119 cm³/mol. The second-order valence-corrected chi connectivity index (χ2v) is 8.01. The minimum absolute atomic E-state index is 0.0583. The quantitative estimate of drug-likeness (QED) is 0.612. The van der Waals surface area contributed by atoms with Crippen LogP contribution < -0.4 is 10.2 Å². The van der Waals surface area contributed by atoms with Crippen LogP contribution in [0, 0.1) is 0 Å². The minimum Gasteiger partial charge on any atom is -0.371 e. The number of benzene rings is 2. The first kappa shape index (κ1) is 20.1. The molecule has 1 amide bonds. The number of hydrogen-bond acceptors (Lipinski definition) is 5. The van der Waals surface area contributed by atoms with Crippen molar-refractivity contribution in [1.29, 1.82) is 0 Å². The zero-order valence-corrected chi connectivity index (χ0v) is 17.8. The van der Waals surface area contributed by atoms with E-state index in [0.29, 0.717) is 30.5 Å². The number of likely N-dealkylation sites (N-methyl/N-ethyl adjacent to an activating group) is 1. The molecule has 156 valence electrons. The molecule has 4 rings (SSSR count). The number of nitrogens with zero attached hydrogens (tertiary/aromatic N) is 3. The maximum Gasteiger partial charge on any atom is 0.227 e. The third-order valence-electron chi connectivity index (χ3n) is 5.61. The summed E-state index contributed by atoms with van der Waals surface area (Å²) in [5.41, 5.74) is 5.58. The molecule has 0 fully saturated rings. The Hall–Kier alpha value is -3.15. The Kier molecular flexibility index (Phi) is 5.84. The Morgan fingerprint density at radius 2 is 2.00 bits per heavy atom. The Bertz CT molecular complexity index is 1020. The maximum absolute atomic E-state index is 12.4. The van der Waals surface area contributed by atoms with Crippen molar-refractivity contribution in [2.45, 2.75) is 46.0 Å². The van der Waals surface area contributed by atoms with Gasteiger partial charge in [-0.05, 0) is 42.5 Å². The summed E-state index contributed by atoms with van der Waals surface area (Å²) in [6.45, 7) is 8.49. The molecule has 0 unspecified atom stereocenters. The molecule has 0 spiro atoms. The summed E-state index contributed by atoms with van der Waals surface area (Å²) in [6, 6.07) is 14.3. The molecule has 1 aromatic heterocycles. The lowest BCUT2D eigenvalue weighted by Gasteiger charge is -2.17. The third-order valence-corrected chi connectivity index (χ3v) is 5.61. The molecule has 6 heteroatoms. The van der Waals surface area contributed by atoms with Gasteiger partial charge in [0.25, 0.3) is 0 Å². The van der Waals surface area contributed by atoms with Crippen LogP contribution in [0.4, 0.5) is 11.4 Å². The summed E-state index contributed by atoms with van der Waals surface area (Å²) < 4.78 is 5.34. The van der Waals surface area contributed by atoms with Crippen LogP contribution >= 0.6 is 0 Å². The van der Waals surface area contributed by atoms with Gasteiger partial charge in [-0.3, -0.25) is 4.79 Å². The van der Waals surface area contributed by atoms with Crippen molar-refractivity contribution in [2.24, 2.45) is 0 Å². The van der Waals surface area contributed by atoms with E-state index in [-0.39, 0.29) is 5.91 Å². The molecule has 1 aliphatic heterocycles. The predicted octanol–water partition coefficient (Wildman–Crippen LogP) is 4.81. The van der Waals surface area contributed by atoms with E-state index in [1.807, 2.05) is 18.2 Å². The molecule has 1 N–H and O–H groups in total. The highest BCUT2D eigenvalue weighted by atomic mass is 16.5. The highest BCUT2D eigenvalue weighted by molar-refractivity contribution is 5.91. The molecule has 6 nitrogen and oxygen atoms in total. The number of hydrogen-bond donors (Lipinski definition) is 1. The van der Waals surface area contributed by atoms with Gasteiger partial charge in [-0.25, -0.2) is 0 Å². The SMILES string of the molecule is CCN1CCc2ccc(NC(=O)CCc3nc(-c4ccc(C(C)C)cc4)no3)cc21.